The van der Waals surface area contributed by atoms with Crippen molar-refractivity contribution in [1.82, 2.24) is 0 Å². The molecule has 8 heteroatoms. The Morgan fingerprint density at radius 1 is 1.07 bits per heavy atom. The summed E-state index contributed by atoms with van der Waals surface area (Å²) < 4.78 is 16.0. The summed E-state index contributed by atoms with van der Waals surface area (Å²) in [5.74, 6) is 0.00500. The van der Waals surface area contributed by atoms with Crippen LogP contribution < -0.4 is 19.1 Å². The molecule has 0 heterocycles. The van der Waals surface area contributed by atoms with Gasteiger partial charge in [-0.25, -0.2) is 0 Å². The van der Waals surface area contributed by atoms with Crippen LogP contribution in [0.25, 0.3) is 0 Å². The molecule has 0 aliphatic carbocycles. The van der Waals surface area contributed by atoms with Crippen molar-refractivity contribution >= 4 is 29.3 Å². The van der Waals surface area contributed by atoms with E-state index in [0.717, 1.165) is 10.5 Å². The summed E-state index contributed by atoms with van der Waals surface area (Å²) >= 11 is 1.52. The van der Waals surface area contributed by atoms with Gasteiger partial charge in [0.2, 0.25) is 5.75 Å². The lowest BCUT2D eigenvalue weighted by atomic mass is 10.1. The van der Waals surface area contributed by atoms with Crippen LogP contribution in [0.5, 0.6) is 17.2 Å². The first-order valence-corrected chi connectivity index (χ1v) is 10.1. The minimum atomic E-state index is -0.884. The monoisotopic (exact) mass is 419 g/mol. The molecule has 1 amide bonds. The first-order chi connectivity index (χ1) is 13.9. The third-order valence-electron chi connectivity index (χ3n) is 4.49. The van der Waals surface area contributed by atoms with Crippen molar-refractivity contribution in [2.45, 2.75) is 17.7 Å². The summed E-state index contributed by atoms with van der Waals surface area (Å²) in [5.41, 5.74) is 1.85. The lowest BCUT2D eigenvalue weighted by Gasteiger charge is -2.23. The number of carbonyl (C=O) groups is 2. The van der Waals surface area contributed by atoms with E-state index in [-0.39, 0.29) is 12.3 Å². The Morgan fingerprint density at radius 2 is 1.69 bits per heavy atom. The number of methoxy groups -OCH3 is 3. The number of benzene rings is 2. The second kappa shape index (κ2) is 10.1. The van der Waals surface area contributed by atoms with Crippen molar-refractivity contribution in [1.29, 1.82) is 0 Å². The van der Waals surface area contributed by atoms with Crippen LogP contribution in [-0.4, -0.2) is 51.6 Å². The number of ether oxygens (including phenoxy) is 3. The number of anilines is 1. The van der Waals surface area contributed by atoms with Crippen LogP contribution in [-0.2, 0) is 11.2 Å². The third-order valence-corrected chi connectivity index (χ3v) is 5.32. The Balaban J connectivity index is 2.48. The lowest BCUT2D eigenvalue weighted by molar-refractivity contribution is -0.136. The van der Waals surface area contributed by atoms with Gasteiger partial charge in [0.05, 0.1) is 21.3 Å². The predicted molar refractivity (Wildman–Crippen MR) is 113 cm³/mol. The number of carboxylic acids is 1. The number of aliphatic carboxylic acids is 1. The highest BCUT2D eigenvalue weighted by molar-refractivity contribution is 7.98. The number of carboxylic acid groups (broad SMARTS) is 1. The summed E-state index contributed by atoms with van der Waals surface area (Å²) in [6, 6.07) is 8.77. The molecule has 0 atom stereocenters. The molecule has 29 heavy (non-hydrogen) atoms. The van der Waals surface area contributed by atoms with E-state index >= 15 is 0 Å². The maximum atomic E-state index is 13.2. The summed E-state index contributed by atoms with van der Waals surface area (Å²) in [5, 5.41) is 9.09. The quantitative estimate of drug-likeness (QED) is 0.620. The molecule has 0 unspecified atom stereocenters. The first-order valence-electron chi connectivity index (χ1n) is 8.83. The molecule has 2 aromatic carbocycles. The Morgan fingerprint density at radius 3 is 2.17 bits per heavy atom. The number of hydrogen-bond acceptors (Lipinski definition) is 6. The van der Waals surface area contributed by atoms with Crippen LogP contribution in [0, 0.1) is 0 Å². The van der Waals surface area contributed by atoms with E-state index < -0.39 is 5.97 Å². The highest BCUT2D eigenvalue weighted by Crippen LogP contribution is 2.39. The Labute approximate surface area is 174 Å². The average Bonchev–Trinajstić information content (AvgIpc) is 2.74. The summed E-state index contributed by atoms with van der Waals surface area (Å²) in [7, 11) is 6.13. The van der Waals surface area contributed by atoms with Gasteiger partial charge in [0.25, 0.3) is 5.91 Å². The smallest absolute Gasteiger partial charge is 0.303 e. The van der Waals surface area contributed by atoms with E-state index in [1.54, 1.807) is 19.2 Å². The molecule has 0 bridgehead atoms. The van der Waals surface area contributed by atoms with Gasteiger partial charge in [-0.3, -0.25) is 9.59 Å². The summed E-state index contributed by atoms with van der Waals surface area (Å²) in [6.45, 7) is 0. The topological polar surface area (TPSA) is 85.3 Å². The minimum Gasteiger partial charge on any atom is -0.493 e. The number of thioether (sulfide) groups is 1. The van der Waals surface area contributed by atoms with Crippen molar-refractivity contribution in [2.75, 3.05) is 39.5 Å². The van der Waals surface area contributed by atoms with Gasteiger partial charge in [-0.2, -0.15) is 0 Å². The summed E-state index contributed by atoms with van der Waals surface area (Å²) in [6.07, 6.45) is 2.23. The van der Waals surface area contributed by atoms with Gasteiger partial charge < -0.3 is 24.2 Å². The number of amides is 1. The molecule has 2 rings (SSSR count). The van der Waals surface area contributed by atoms with E-state index in [0.29, 0.717) is 34.9 Å². The second-order valence-corrected chi connectivity index (χ2v) is 6.98. The molecule has 0 aliphatic heterocycles. The SMILES string of the molecule is COc1cc(C(=O)N(C)c2cccc(SC)c2CCC(=O)O)cc(OC)c1OC. The van der Waals surface area contributed by atoms with Crippen LogP contribution in [0.4, 0.5) is 5.69 Å². The first kappa shape index (κ1) is 22.4. The zero-order valence-corrected chi connectivity index (χ0v) is 18.0. The van der Waals surface area contributed by atoms with Gasteiger partial charge in [-0.05, 0) is 42.5 Å². The molecular formula is C21H25NO6S. The lowest BCUT2D eigenvalue weighted by Crippen LogP contribution is -2.27. The second-order valence-electron chi connectivity index (χ2n) is 6.13. The number of carbonyl (C=O) groups excluding carboxylic acids is 1. The third kappa shape index (κ3) is 4.95. The van der Waals surface area contributed by atoms with Crippen molar-refractivity contribution < 1.29 is 28.9 Å². The van der Waals surface area contributed by atoms with E-state index in [1.165, 1.54) is 38.0 Å². The van der Waals surface area contributed by atoms with Gasteiger partial charge in [-0.15, -0.1) is 11.8 Å². The normalized spacial score (nSPS) is 10.4. The standard InChI is InChI=1S/C21H25NO6S/c1-22(15-7-6-8-18(29-5)14(15)9-10-19(23)24)21(25)13-11-16(26-2)20(28-4)17(12-13)27-3/h6-8,11-12H,9-10H2,1-5H3,(H,23,24). The number of rotatable bonds is 9. The van der Waals surface area contributed by atoms with Gasteiger partial charge in [0.15, 0.2) is 11.5 Å². The number of hydrogen-bond donors (Lipinski definition) is 1. The van der Waals surface area contributed by atoms with E-state index in [1.807, 2.05) is 24.5 Å². The predicted octanol–water partition coefficient (Wildman–Crippen LogP) is 3.73. The van der Waals surface area contributed by atoms with E-state index in [4.69, 9.17) is 19.3 Å². The molecule has 156 valence electrons. The molecule has 2 aromatic rings. The molecule has 0 saturated carbocycles. The Bertz CT molecular complexity index is 874. The van der Waals surface area contributed by atoms with E-state index in [2.05, 4.69) is 0 Å². The van der Waals surface area contributed by atoms with Crippen LogP contribution >= 0.6 is 11.8 Å². The van der Waals surface area contributed by atoms with Gasteiger partial charge in [-0.1, -0.05) is 6.07 Å². The van der Waals surface area contributed by atoms with Crippen LogP contribution in [0.1, 0.15) is 22.3 Å². The molecular weight excluding hydrogens is 394 g/mol. The van der Waals surface area contributed by atoms with Crippen molar-refractivity contribution in [3.05, 3.63) is 41.5 Å². The van der Waals surface area contributed by atoms with E-state index in [9.17, 15) is 9.59 Å². The number of nitrogens with zero attached hydrogens (tertiary/aromatic N) is 1. The van der Waals surface area contributed by atoms with Crippen molar-refractivity contribution in [3.8, 4) is 17.2 Å². The molecule has 7 nitrogen and oxygen atoms in total. The average molecular weight is 419 g/mol. The maximum absolute atomic E-state index is 13.2. The zero-order valence-electron chi connectivity index (χ0n) is 17.1. The fourth-order valence-corrected chi connectivity index (χ4v) is 3.72. The van der Waals surface area contributed by atoms with Gasteiger partial charge in [0.1, 0.15) is 0 Å². The van der Waals surface area contributed by atoms with Crippen LogP contribution in [0.3, 0.4) is 0 Å². The molecule has 0 fully saturated rings. The Kier molecular flexibility index (Phi) is 7.78. The highest BCUT2D eigenvalue weighted by atomic mass is 32.2. The Hall–Kier alpha value is -2.87. The van der Waals surface area contributed by atoms with Crippen molar-refractivity contribution in [3.63, 3.8) is 0 Å². The highest BCUT2D eigenvalue weighted by Gasteiger charge is 2.22. The fraction of sp³-hybridized carbons (Fsp3) is 0.333. The largest absolute Gasteiger partial charge is 0.493 e. The molecule has 1 N–H and O–H groups in total. The summed E-state index contributed by atoms with van der Waals surface area (Å²) in [4.78, 5) is 26.8. The minimum absolute atomic E-state index is 0.0171. The molecule has 0 aromatic heterocycles. The maximum Gasteiger partial charge on any atom is 0.303 e. The molecule has 0 radical (unpaired) electrons. The molecule has 0 spiro atoms. The van der Waals surface area contributed by atoms with Gasteiger partial charge in [0, 0.05) is 29.6 Å². The zero-order chi connectivity index (χ0) is 21.6. The van der Waals surface area contributed by atoms with Crippen LogP contribution in [0.15, 0.2) is 35.2 Å². The van der Waals surface area contributed by atoms with Crippen LogP contribution in [0.2, 0.25) is 0 Å². The molecule has 0 saturated heterocycles. The van der Waals surface area contributed by atoms with Crippen molar-refractivity contribution in [2.24, 2.45) is 0 Å². The fourth-order valence-electron chi connectivity index (χ4n) is 3.05. The molecule has 0 aliphatic rings. The van der Waals surface area contributed by atoms with Gasteiger partial charge >= 0.3 is 5.97 Å².